The molecule has 0 bridgehead atoms. The van der Waals surface area contributed by atoms with E-state index in [1.165, 1.54) is 20.7 Å². The van der Waals surface area contributed by atoms with Crippen LogP contribution >= 0.6 is 0 Å². The van der Waals surface area contributed by atoms with Gasteiger partial charge in [-0.25, -0.2) is 16.8 Å². The molecule has 0 aliphatic rings. The van der Waals surface area contributed by atoms with Gasteiger partial charge in [0.1, 0.15) is 0 Å². The molecule has 0 atom stereocenters. The summed E-state index contributed by atoms with van der Waals surface area (Å²) in [7, 11) is -11.8. The summed E-state index contributed by atoms with van der Waals surface area (Å²) >= 11 is 0. The van der Waals surface area contributed by atoms with Crippen LogP contribution in [0.5, 0.6) is 0 Å². The fourth-order valence-electron chi connectivity index (χ4n) is 5.81. The highest BCUT2D eigenvalue weighted by molar-refractivity contribution is 7.89. The van der Waals surface area contributed by atoms with Crippen LogP contribution in [0.2, 0.25) is 0 Å². The SMILES string of the molecule is CCN(CCCN(CCCOS(=O)(=O)c1ccc(C)cc1)S(=O)(=O)c1c(C)cc(C)cc1C)S(=O)(=O)c1c(C)cc(C)cc1C. The first-order valence-corrected chi connectivity index (χ1v) is 19.3. The molecular weight excluding hydrogens is 633 g/mol. The van der Waals surface area contributed by atoms with Gasteiger partial charge in [-0.15, -0.1) is 0 Å². The number of benzene rings is 3. The first-order chi connectivity index (χ1) is 20.9. The molecule has 0 amide bonds. The van der Waals surface area contributed by atoms with Gasteiger partial charge in [-0.1, -0.05) is 60.0 Å². The normalized spacial score (nSPS) is 12.8. The predicted molar refractivity (Wildman–Crippen MR) is 178 cm³/mol. The molecule has 3 rings (SSSR count). The number of nitrogens with zero attached hydrogens (tertiary/aromatic N) is 2. The minimum Gasteiger partial charge on any atom is -0.266 e. The van der Waals surface area contributed by atoms with Gasteiger partial charge >= 0.3 is 0 Å². The van der Waals surface area contributed by atoms with E-state index in [-0.39, 0.29) is 60.3 Å². The third kappa shape index (κ3) is 8.81. The number of hydrogen-bond donors (Lipinski definition) is 0. The fourth-order valence-corrected chi connectivity index (χ4v) is 10.6. The van der Waals surface area contributed by atoms with Crippen LogP contribution < -0.4 is 0 Å². The minimum absolute atomic E-state index is 0.00639. The summed E-state index contributed by atoms with van der Waals surface area (Å²) in [5, 5.41) is 0. The Morgan fingerprint density at radius 3 is 1.40 bits per heavy atom. The number of aryl methyl sites for hydroxylation is 7. The smallest absolute Gasteiger partial charge is 0.266 e. The van der Waals surface area contributed by atoms with Crippen molar-refractivity contribution >= 4 is 30.2 Å². The number of rotatable bonds is 15. The van der Waals surface area contributed by atoms with Gasteiger partial charge in [-0.3, -0.25) is 4.18 Å². The van der Waals surface area contributed by atoms with Gasteiger partial charge in [0, 0.05) is 26.2 Å². The molecule has 0 saturated carbocycles. The summed E-state index contributed by atoms with van der Waals surface area (Å²) in [5.74, 6) is 0. The Labute approximate surface area is 270 Å². The average molecular weight is 679 g/mol. The van der Waals surface area contributed by atoms with Gasteiger partial charge in [-0.2, -0.15) is 17.0 Å². The molecule has 0 aliphatic heterocycles. The molecule has 0 spiro atoms. The standard InChI is InChI=1S/C33H46N2O7S3/c1-9-34(43(36,37)32-27(5)20-25(3)21-28(32)6)16-10-17-35(44(38,39)33-29(7)22-26(4)23-30(33)8)18-11-19-42-45(40,41)31-14-12-24(2)13-15-31/h12-15,20-23H,9-11,16-19H2,1-8H3. The first-order valence-electron chi connectivity index (χ1n) is 15.0. The lowest BCUT2D eigenvalue weighted by Crippen LogP contribution is -2.38. The second-order valence-electron chi connectivity index (χ2n) is 11.7. The Morgan fingerprint density at radius 2 is 0.956 bits per heavy atom. The summed E-state index contributed by atoms with van der Waals surface area (Å²) in [5.41, 5.74) is 5.38. The average Bonchev–Trinajstić information content (AvgIpc) is 2.90. The van der Waals surface area contributed by atoms with Crippen LogP contribution in [-0.2, 0) is 34.3 Å². The van der Waals surface area contributed by atoms with E-state index in [4.69, 9.17) is 4.18 Å². The molecule has 248 valence electrons. The molecule has 0 aromatic heterocycles. The second kappa shape index (κ2) is 14.9. The molecule has 3 aromatic rings. The van der Waals surface area contributed by atoms with Gasteiger partial charge < -0.3 is 0 Å². The molecule has 0 heterocycles. The van der Waals surface area contributed by atoms with E-state index in [1.807, 2.05) is 45.0 Å². The first kappa shape index (κ1) is 36.9. The van der Waals surface area contributed by atoms with Crippen molar-refractivity contribution in [2.24, 2.45) is 0 Å². The van der Waals surface area contributed by atoms with Crippen molar-refractivity contribution in [1.82, 2.24) is 8.61 Å². The van der Waals surface area contributed by atoms with Crippen LogP contribution in [0.15, 0.2) is 63.2 Å². The molecule has 0 unspecified atom stereocenters. The lowest BCUT2D eigenvalue weighted by molar-refractivity contribution is 0.288. The summed E-state index contributed by atoms with van der Waals surface area (Å²) in [6.45, 7) is 14.6. The zero-order valence-corrected chi connectivity index (χ0v) is 30.0. The Hall–Kier alpha value is -2.61. The van der Waals surface area contributed by atoms with Crippen molar-refractivity contribution < 1.29 is 29.4 Å². The van der Waals surface area contributed by atoms with Crippen molar-refractivity contribution in [2.45, 2.75) is 82.9 Å². The maximum Gasteiger partial charge on any atom is 0.296 e. The number of sulfonamides is 2. The highest BCUT2D eigenvalue weighted by Gasteiger charge is 2.30. The molecule has 0 fully saturated rings. The van der Waals surface area contributed by atoms with E-state index in [9.17, 15) is 25.3 Å². The molecule has 9 nitrogen and oxygen atoms in total. The van der Waals surface area contributed by atoms with Gasteiger partial charge in [0.25, 0.3) is 10.1 Å². The molecule has 12 heteroatoms. The van der Waals surface area contributed by atoms with E-state index in [0.717, 1.165) is 16.7 Å². The third-order valence-electron chi connectivity index (χ3n) is 7.67. The molecular formula is C33H46N2O7S3. The van der Waals surface area contributed by atoms with E-state index >= 15 is 0 Å². The topological polar surface area (TPSA) is 118 Å². The lowest BCUT2D eigenvalue weighted by Gasteiger charge is -2.27. The van der Waals surface area contributed by atoms with Crippen LogP contribution in [0, 0.1) is 48.5 Å². The van der Waals surface area contributed by atoms with Crippen molar-refractivity contribution in [3.05, 3.63) is 87.5 Å². The van der Waals surface area contributed by atoms with E-state index in [2.05, 4.69) is 0 Å². The Kier molecular flexibility index (Phi) is 12.2. The quantitative estimate of drug-likeness (QED) is 0.149. The van der Waals surface area contributed by atoms with Crippen molar-refractivity contribution in [2.75, 3.05) is 32.8 Å². The number of hydrogen-bond acceptors (Lipinski definition) is 7. The Bertz CT molecular complexity index is 1790. The van der Waals surface area contributed by atoms with Crippen molar-refractivity contribution in [3.63, 3.8) is 0 Å². The fraction of sp³-hybridized carbons (Fsp3) is 0.455. The van der Waals surface area contributed by atoms with Crippen LogP contribution in [0.1, 0.15) is 58.7 Å². The zero-order valence-electron chi connectivity index (χ0n) is 27.5. The molecule has 0 N–H and O–H groups in total. The van der Waals surface area contributed by atoms with Crippen LogP contribution in [0.3, 0.4) is 0 Å². The highest BCUT2D eigenvalue weighted by Crippen LogP contribution is 2.28. The molecule has 0 saturated heterocycles. The van der Waals surface area contributed by atoms with Crippen molar-refractivity contribution in [1.29, 1.82) is 0 Å². The van der Waals surface area contributed by atoms with E-state index in [1.54, 1.807) is 46.8 Å². The van der Waals surface area contributed by atoms with Gasteiger partial charge in [0.2, 0.25) is 20.0 Å². The lowest BCUT2D eigenvalue weighted by atomic mass is 10.1. The largest absolute Gasteiger partial charge is 0.296 e. The van der Waals surface area contributed by atoms with E-state index < -0.39 is 30.2 Å². The zero-order chi connectivity index (χ0) is 33.7. The van der Waals surface area contributed by atoms with Gasteiger partial charge in [0.15, 0.2) is 0 Å². The molecule has 45 heavy (non-hydrogen) atoms. The third-order valence-corrected chi connectivity index (χ3v) is 13.5. The summed E-state index contributed by atoms with van der Waals surface area (Å²) in [6, 6.07) is 13.6. The van der Waals surface area contributed by atoms with Crippen LogP contribution in [-0.4, -0.2) is 66.6 Å². The minimum atomic E-state index is -4.01. The Morgan fingerprint density at radius 1 is 0.556 bits per heavy atom. The molecule has 3 aromatic carbocycles. The highest BCUT2D eigenvalue weighted by atomic mass is 32.2. The van der Waals surface area contributed by atoms with Crippen molar-refractivity contribution in [3.8, 4) is 0 Å². The van der Waals surface area contributed by atoms with Crippen LogP contribution in [0.25, 0.3) is 0 Å². The Balaban J connectivity index is 1.82. The second-order valence-corrected chi connectivity index (χ2v) is 17.0. The predicted octanol–water partition coefficient (Wildman–Crippen LogP) is 5.73. The monoisotopic (exact) mass is 678 g/mol. The van der Waals surface area contributed by atoms with Gasteiger partial charge in [0.05, 0.1) is 21.3 Å². The maximum absolute atomic E-state index is 14.0. The van der Waals surface area contributed by atoms with Crippen LogP contribution in [0.4, 0.5) is 0 Å². The van der Waals surface area contributed by atoms with Gasteiger partial charge in [-0.05, 0) is 95.7 Å². The summed E-state index contributed by atoms with van der Waals surface area (Å²) in [4.78, 5) is 0.507. The molecule has 0 radical (unpaired) electrons. The van der Waals surface area contributed by atoms with E-state index in [0.29, 0.717) is 22.3 Å². The maximum atomic E-state index is 14.0. The molecule has 0 aliphatic carbocycles. The summed E-state index contributed by atoms with van der Waals surface area (Å²) in [6.07, 6.45) is 0.356. The summed E-state index contributed by atoms with van der Waals surface area (Å²) < 4.78 is 88.7.